The molecule has 0 spiro atoms. The van der Waals surface area contributed by atoms with Gasteiger partial charge in [0.15, 0.2) is 5.78 Å². The Morgan fingerprint density at radius 1 is 1.22 bits per heavy atom. The molecule has 1 N–H and O–H groups in total. The van der Waals surface area contributed by atoms with E-state index in [4.69, 9.17) is 6.42 Å². The van der Waals surface area contributed by atoms with Crippen LogP contribution < -0.4 is 0 Å². The lowest BCUT2D eigenvalue weighted by atomic mass is 9.49. The quantitative estimate of drug-likeness (QED) is 0.746. The van der Waals surface area contributed by atoms with E-state index in [1.807, 2.05) is 6.08 Å². The van der Waals surface area contributed by atoms with E-state index in [1.165, 1.54) is 18.4 Å². The van der Waals surface area contributed by atoms with Gasteiger partial charge in [-0.2, -0.15) is 0 Å². The zero-order chi connectivity index (χ0) is 16.2. The minimum Gasteiger partial charge on any atom is -0.377 e. The van der Waals surface area contributed by atoms with E-state index in [2.05, 4.69) is 12.8 Å². The van der Waals surface area contributed by atoms with Gasteiger partial charge in [-0.15, -0.1) is 6.42 Å². The number of rotatable bonds is 1. The Kier molecular flexibility index (Phi) is 3.50. The van der Waals surface area contributed by atoms with Crippen LogP contribution >= 0.6 is 0 Å². The van der Waals surface area contributed by atoms with Crippen LogP contribution in [0, 0.1) is 41.4 Å². The molecule has 0 aliphatic heterocycles. The van der Waals surface area contributed by atoms with Crippen LogP contribution in [0.1, 0.15) is 64.7 Å². The highest BCUT2D eigenvalue weighted by molar-refractivity contribution is 5.91. The lowest BCUT2D eigenvalue weighted by Gasteiger charge is -2.55. The number of fused-ring (bicyclic) bond motifs is 5. The van der Waals surface area contributed by atoms with Crippen molar-refractivity contribution < 1.29 is 9.90 Å². The fourth-order valence-electron chi connectivity index (χ4n) is 6.96. The average Bonchev–Trinajstić information content (AvgIpc) is 2.88. The number of aliphatic hydroxyl groups is 1. The Morgan fingerprint density at radius 2 is 2.04 bits per heavy atom. The van der Waals surface area contributed by atoms with Crippen LogP contribution in [0.5, 0.6) is 0 Å². The summed E-state index contributed by atoms with van der Waals surface area (Å²) in [5, 5.41) is 11.1. The van der Waals surface area contributed by atoms with E-state index in [9.17, 15) is 9.90 Å². The predicted molar refractivity (Wildman–Crippen MR) is 90.5 cm³/mol. The van der Waals surface area contributed by atoms with Gasteiger partial charge < -0.3 is 5.11 Å². The van der Waals surface area contributed by atoms with Gasteiger partial charge in [-0.25, -0.2) is 0 Å². The molecular weight excluding hydrogens is 284 g/mol. The number of carbonyl (C=O) groups is 1. The van der Waals surface area contributed by atoms with Gasteiger partial charge in [-0.1, -0.05) is 18.4 Å². The highest BCUT2D eigenvalue weighted by atomic mass is 16.3. The van der Waals surface area contributed by atoms with E-state index >= 15 is 0 Å². The number of hydrogen-bond acceptors (Lipinski definition) is 2. The van der Waals surface area contributed by atoms with Crippen LogP contribution in [0.3, 0.4) is 0 Å². The van der Waals surface area contributed by atoms with Crippen molar-refractivity contribution in [2.45, 2.75) is 70.3 Å². The molecule has 6 atom stereocenters. The van der Waals surface area contributed by atoms with Gasteiger partial charge in [0.05, 0.1) is 0 Å². The van der Waals surface area contributed by atoms with Crippen molar-refractivity contribution in [2.75, 3.05) is 0 Å². The fraction of sp³-hybridized carbons (Fsp3) is 0.762. The van der Waals surface area contributed by atoms with Gasteiger partial charge in [0.25, 0.3) is 0 Å². The molecule has 3 saturated carbocycles. The summed E-state index contributed by atoms with van der Waals surface area (Å²) in [6.45, 7) is 2.22. The van der Waals surface area contributed by atoms with E-state index in [0.717, 1.165) is 44.9 Å². The molecular formula is C21H28O2. The third-order valence-corrected chi connectivity index (χ3v) is 8.02. The van der Waals surface area contributed by atoms with Gasteiger partial charge in [0, 0.05) is 11.8 Å². The second-order valence-electron chi connectivity index (χ2n) is 8.40. The summed E-state index contributed by atoms with van der Waals surface area (Å²) in [4.78, 5) is 11.8. The molecule has 0 heterocycles. The normalized spacial score (nSPS) is 48.7. The van der Waals surface area contributed by atoms with E-state index in [0.29, 0.717) is 29.5 Å². The average molecular weight is 312 g/mol. The van der Waals surface area contributed by atoms with Crippen molar-refractivity contribution in [3.8, 4) is 12.3 Å². The molecule has 2 nitrogen and oxygen atoms in total. The molecule has 124 valence electrons. The Hall–Kier alpha value is -1.07. The Morgan fingerprint density at radius 3 is 2.78 bits per heavy atom. The molecule has 0 bridgehead atoms. The number of terminal acetylenes is 1. The molecule has 4 aliphatic rings. The van der Waals surface area contributed by atoms with Crippen molar-refractivity contribution in [3.05, 3.63) is 11.6 Å². The largest absolute Gasteiger partial charge is 0.377 e. The molecule has 4 aliphatic carbocycles. The molecule has 0 saturated heterocycles. The molecule has 4 rings (SSSR count). The molecule has 0 unspecified atom stereocenters. The van der Waals surface area contributed by atoms with Crippen LogP contribution in [0.25, 0.3) is 0 Å². The zero-order valence-corrected chi connectivity index (χ0v) is 14.2. The standard InChI is InChI=1S/C21H28O2/c1-3-20-11-9-17-16-8-6-15(22)13-14(16)5-7-18(17)19(20)10-12-21(20,23)4-2/h2,13,16-19,23H,3,5-12H2,1H3/t16-,17-,18+,19-,20-,21+/m0/s1. The highest BCUT2D eigenvalue weighted by Gasteiger charge is 2.63. The number of allylic oxidation sites excluding steroid dienone is 1. The maximum absolute atomic E-state index is 11.8. The first-order valence-corrected chi connectivity index (χ1v) is 9.48. The summed E-state index contributed by atoms with van der Waals surface area (Å²) in [6.07, 6.45) is 16.9. The minimum absolute atomic E-state index is 0.0609. The van der Waals surface area contributed by atoms with E-state index in [1.54, 1.807) is 0 Å². The van der Waals surface area contributed by atoms with Gasteiger partial charge >= 0.3 is 0 Å². The van der Waals surface area contributed by atoms with Gasteiger partial charge in [-0.05, 0) is 81.1 Å². The Labute approximate surface area is 139 Å². The lowest BCUT2D eigenvalue weighted by molar-refractivity contribution is -0.117. The first kappa shape index (κ1) is 15.5. The topological polar surface area (TPSA) is 37.3 Å². The Balaban J connectivity index is 1.67. The summed E-state index contributed by atoms with van der Waals surface area (Å²) in [6, 6.07) is 0. The summed E-state index contributed by atoms with van der Waals surface area (Å²) >= 11 is 0. The van der Waals surface area contributed by atoms with Crippen molar-refractivity contribution in [2.24, 2.45) is 29.1 Å². The van der Waals surface area contributed by atoms with E-state index in [-0.39, 0.29) is 5.41 Å². The number of carbonyl (C=O) groups excluding carboxylic acids is 1. The summed E-state index contributed by atoms with van der Waals surface area (Å²) < 4.78 is 0. The van der Waals surface area contributed by atoms with E-state index < -0.39 is 5.60 Å². The first-order valence-electron chi connectivity index (χ1n) is 9.48. The molecule has 0 aromatic heterocycles. The minimum atomic E-state index is -0.893. The van der Waals surface area contributed by atoms with Crippen molar-refractivity contribution >= 4 is 5.78 Å². The third kappa shape index (κ3) is 1.96. The van der Waals surface area contributed by atoms with Crippen molar-refractivity contribution in [3.63, 3.8) is 0 Å². The van der Waals surface area contributed by atoms with Crippen molar-refractivity contribution in [1.29, 1.82) is 0 Å². The molecule has 2 heteroatoms. The van der Waals surface area contributed by atoms with Gasteiger partial charge in [0.2, 0.25) is 0 Å². The smallest absolute Gasteiger partial charge is 0.155 e. The van der Waals surface area contributed by atoms with Crippen LogP contribution in [-0.2, 0) is 4.79 Å². The molecule has 0 aromatic rings. The van der Waals surface area contributed by atoms with Crippen LogP contribution in [0.2, 0.25) is 0 Å². The van der Waals surface area contributed by atoms with Crippen LogP contribution in [-0.4, -0.2) is 16.5 Å². The first-order chi connectivity index (χ1) is 11.0. The summed E-state index contributed by atoms with van der Waals surface area (Å²) in [5.41, 5.74) is 0.474. The number of hydrogen-bond donors (Lipinski definition) is 1. The summed E-state index contributed by atoms with van der Waals surface area (Å²) in [7, 11) is 0. The molecule has 0 radical (unpaired) electrons. The van der Waals surface area contributed by atoms with Crippen molar-refractivity contribution in [1.82, 2.24) is 0 Å². The maximum Gasteiger partial charge on any atom is 0.155 e. The zero-order valence-electron chi connectivity index (χ0n) is 14.2. The molecule has 23 heavy (non-hydrogen) atoms. The summed E-state index contributed by atoms with van der Waals surface area (Å²) in [5.74, 6) is 5.73. The fourth-order valence-corrected chi connectivity index (χ4v) is 6.96. The third-order valence-electron chi connectivity index (χ3n) is 8.02. The maximum atomic E-state index is 11.8. The highest BCUT2D eigenvalue weighted by Crippen LogP contribution is 2.66. The molecule has 0 amide bonds. The molecule has 0 aromatic carbocycles. The monoisotopic (exact) mass is 312 g/mol. The molecule has 3 fully saturated rings. The van der Waals surface area contributed by atoms with Gasteiger partial charge in [-0.3, -0.25) is 4.79 Å². The number of ketones is 1. The Bertz CT molecular complexity index is 597. The predicted octanol–water partition coefficient (Wildman–Crippen LogP) is 3.88. The second-order valence-corrected chi connectivity index (χ2v) is 8.40. The SMILES string of the molecule is C#C[C@@]1(O)CC[C@H]2[C@@H]3CCC4=CC(=O)CC[C@@H]4[C@@H]3CC[C@@]21CC. The van der Waals surface area contributed by atoms with Crippen LogP contribution in [0.15, 0.2) is 11.6 Å². The second kappa shape index (κ2) is 5.21. The van der Waals surface area contributed by atoms with Gasteiger partial charge in [0.1, 0.15) is 5.60 Å². The van der Waals surface area contributed by atoms with Crippen LogP contribution in [0.4, 0.5) is 0 Å². The lowest BCUT2D eigenvalue weighted by Crippen LogP contribution is -2.53.